The number of thiophene rings is 1. The molecule has 0 aliphatic carbocycles. The molecule has 102 valence electrons. The van der Waals surface area contributed by atoms with E-state index in [0.717, 1.165) is 16.0 Å². The van der Waals surface area contributed by atoms with Crippen molar-refractivity contribution in [1.29, 1.82) is 0 Å². The first kappa shape index (κ1) is 14.1. The zero-order chi connectivity index (χ0) is 14.0. The van der Waals surface area contributed by atoms with Crippen molar-refractivity contribution in [2.45, 2.75) is 12.1 Å². The number of fused-ring (bicyclic) bond motifs is 1. The second-order valence-electron chi connectivity index (χ2n) is 3.98. The van der Waals surface area contributed by atoms with E-state index in [0.29, 0.717) is 16.6 Å². The largest absolute Gasteiger partial charge is 0.462 e. The zero-order valence-electron chi connectivity index (χ0n) is 11.3. The van der Waals surface area contributed by atoms with E-state index in [2.05, 4.69) is 9.97 Å². The van der Waals surface area contributed by atoms with Crippen molar-refractivity contribution in [2.75, 3.05) is 31.9 Å². The third-order valence-corrected chi connectivity index (χ3v) is 3.99. The molecule has 0 aliphatic rings. The third kappa shape index (κ3) is 2.82. The van der Waals surface area contributed by atoms with Crippen LogP contribution in [0.4, 0.5) is 5.82 Å². The molecular formula is C12H15N3O2S2. The number of thioether (sulfide) groups is 1. The summed E-state index contributed by atoms with van der Waals surface area (Å²) in [6.07, 6.45) is 1.93. The average Bonchev–Trinajstić information content (AvgIpc) is 2.81. The number of esters is 1. The van der Waals surface area contributed by atoms with Gasteiger partial charge in [0.15, 0.2) is 5.16 Å². The van der Waals surface area contributed by atoms with Crippen molar-refractivity contribution >= 4 is 45.1 Å². The van der Waals surface area contributed by atoms with E-state index in [1.54, 1.807) is 13.0 Å². The Kier molecular flexibility index (Phi) is 4.26. The Morgan fingerprint density at radius 1 is 1.47 bits per heavy atom. The Labute approximate surface area is 120 Å². The summed E-state index contributed by atoms with van der Waals surface area (Å²) < 4.78 is 5.02. The first-order chi connectivity index (χ1) is 9.06. The van der Waals surface area contributed by atoms with Gasteiger partial charge in [-0.25, -0.2) is 14.8 Å². The molecule has 0 atom stereocenters. The number of carbonyl (C=O) groups is 1. The van der Waals surface area contributed by atoms with E-state index >= 15 is 0 Å². The molecule has 7 heteroatoms. The van der Waals surface area contributed by atoms with Gasteiger partial charge < -0.3 is 9.64 Å². The fraction of sp³-hybridized carbons (Fsp3) is 0.417. The van der Waals surface area contributed by atoms with Crippen LogP contribution in [0.15, 0.2) is 11.2 Å². The summed E-state index contributed by atoms with van der Waals surface area (Å²) in [5, 5.41) is 1.59. The Morgan fingerprint density at radius 3 is 2.79 bits per heavy atom. The zero-order valence-corrected chi connectivity index (χ0v) is 12.9. The van der Waals surface area contributed by atoms with E-state index in [9.17, 15) is 4.79 Å². The predicted molar refractivity (Wildman–Crippen MR) is 79.5 cm³/mol. The summed E-state index contributed by atoms with van der Waals surface area (Å²) in [7, 11) is 3.85. The van der Waals surface area contributed by atoms with Crippen molar-refractivity contribution in [1.82, 2.24) is 9.97 Å². The summed E-state index contributed by atoms with van der Waals surface area (Å²) in [5.41, 5.74) is 0. The molecule has 0 aromatic carbocycles. The molecule has 0 saturated carbocycles. The number of hydrogen-bond donors (Lipinski definition) is 0. The normalized spacial score (nSPS) is 10.7. The highest BCUT2D eigenvalue weighted by molar-refractivity contribution is 7.98. The lowest BCUT2D eigenvalue weighted by atomic mass is 10.3. The molecule has 0 fully saturated rings. The minimum atomic E-state index is -0.305. The van der Waals surface area contributed by atoms with Gasteiger partial charge in [0.2, 0.25) is 0 Å². The lowest BCUT2D eigenvalue weighted by Gasteiger charge is -2.12. The van der Waals surface area contributed by atoms with Crippen molar-refractivity contribution in [2.24, 2.45) is 0 Å². The van der Waals surface area contributed by atoms with Crippen molar-refractivity contribution < 1.29 is 9.53 Å². The quantitative estimate of drug-likeness (QED) is 0.491. The smallest absolute Gasteiger partial charge is 0.348 e. The van der Waals surface area contributed by atoms with Gasteiger partial charge in [-0.1, -0.05) is 11.8 Å². The van der Waals surface area contributed by atoms with Crippen molar-refractivity contribution in [3.8, 4) is 0 Å². The van der Waals surface area contributed by atoms with Crippen LogP contribution >= 0.6 is 23.1 Å². The Morgan fingerprint density at radius 2 is 2.21 bits per heavy atom. The van der Waals surface area contributed by atoms with Crippen molar-refractivity contribution in [3.05, 3.63) is 10.9 Å². The molecule has 19 heavy (non-hydrogen) atoms. The number of anilines is 1. The highest BCUT2D eigenvalue weighted by Crippen LogP contribution is 2.32. The first-order valence-electron chi connectivity index (χ1n) is 5.76. The second-order valence-corrected chi connectivity index (χ2v) is 5.78. The van der Waals surface area contributed by atoms with E-state index in [4.69, 9.17) is 4.74 Å². The van der Waals surface area contributed by atoms with Gasteiger partial charge in [0, 0.05) is 14.1 Å². The van der Waals surface area contributed by atoms with Gasteiger partial charge in [-0.15, -0.1) is 11.3 Å². The van der Waals surface area contributed by atoms with Crippen LogP contribution in [0.5, 0.6) is 0 Å². The molecule has 0 radical (unpaired) electrons. The van der Waals surface area contributed by atoms with Crippen LogP contribution in [-0.2, 0) is 4.74 Å². The molecule has 0 saturated heterocycles. The maximum Gasteiger partial charge on any atom is 0.348 e. The maximum atomic E-state index is 11.8. The van der Waals surface area contributed by atoms with E-state index < -0.39 is 0 Å². The minimum Gasteiger partial charge on any atom is -0.462 e. The van der Waals surface area contributed by atoms with Gasteiger partial charge in [0.1, 0.15) is 15.5 Å². The Hall–Kier alpha value is -1.34. The minimum absolute atomic E-state index is 0.305. The van der Waals surface area contributed by atoms with Crippen LogP contribution in [0.3, 0.4) is 0 Å². The maximum absolute atomic E-state index is 11.8. The highest BCUT2D eigenvalue weighted by atomic mass is 32.2. The van der Waals surface area contributed by atoms with Crippen LogP contribution < -0.4 is 4.90 Å². The fourth-order valence-electron chi connectivity index (χ4n) is 1.62. The van der Waals surface area contributed by atoms with Gasteiger partial charge in [0.25, 0.3) is 0 Å². The van der Waals surface area contributed by atoms with Crippen LogP contribution in [0.25, 0.3) is 10.2 Å². The molecule has 2 rings (SSSR count). The molecule has 0 unspecified atom stereocenters. The number of carbonyl (C=O) groups excluding carboxylic acids is 1. The summed E-state index contributed by atoms with van der Waals surface area (Å²) in [5.74, 6) is 0.516. The van der Waals surface area contributed by atoms with Crippen molar-refractivity contribution in [3.63, 3.8) is 0 Å². The number of hydrogen-bond acceptors (Lipinski definition) is 7. The first-order valence-corrected chi connectivity index (χ1v) is 7.81. The van der Waals surface area contributed by atoms with Gasteiger partial charge in [-0.3, -0.25) is 0 Å². The number of nitrogens with zero attached hydrogens (tertiary/aromatic N) is 3. The van der Waals surface area contributed by atoms with Gasteiger partial charge >= 0.3 is 5.97 Å². The molecule has 2 aromatic rings. The van der Waals surface area contributed by atoms with E-state index in [-0.39, 0.29) is 5.97 Å². The molecule has 0 aliphatic heterocycles. The standard InChI is InChI=1S/C12H15N3O2S2/c1-5-17-11(16)8-6-7-9(15(2)3)13-12(18-4)14-10(7)19-8/h6H,5H2,1-4H3. The second kappa shape index (κ2) is 5.75. The van der Waals surface area contributed by atoms with E-state index in [1.807, 2.05) is 25.3 Å². The average molecular weight is 297 g/mol. The van der Waals surface area contributed by atoms with Crippen LogP contribution in [0, 0.1) is 0 Å². The topological polar surface area (TPSA) is 55.3 Å². The SMILES string of the molecule is CCOC(=O)c1cc2c(N(C)C)nc(SC)nc2s1. The number of aromatic nitrogens is 2. The molecule has 0 amide bonds. The molecular weight excluding hydrogens is 282 g/mol. The lowest BCUT2D eigenvalue weighted by molar-refractivity contribution is 0.0532. The number of ether oxygens (including phenoxy) is 1. The van der Waals surface area contributed by atoms with Gasteiger partial charge in [-0.2, -0.15) is 0 Å². The van der Waals surface area contributed by atoms with Gasteiger partial charge in [-0.05, 0) is 19.2 Å². The molecule has 0 N–H and O–H groups in total. The molecule has 0 spiro atoms. The molecule has 0 bridgehead atoms. The fourth-order valence-corrected chi connectivity index (χ4v) is 2.96. The molecule has 5 nitrogen and oxygen atoms in total. The summed E-state index contributed by atoms with van der Waals surface area (Å²) in [6.45, 7) is 2.16. The summed E-state index contributed by atoms with van der Waals surface area (Å²) in [4.78, 5) is 24.0. The monoisotopic (exact) mass is 297 g/mol. The molecule has 2 heterocycles. The summed E-state index contributed by atoms with van der Waals surface area (Å²) >= 11 is 2.83. The lowest BCUT2D eigenvalue weighted by Crippen LogP contribution is -2.11. The van der Waals surface area contributed by atoms with E-state index in [1.165, 1.54) is 23.1 Å². The van der Waals surface area contributed by atoms with Gasteiger partial charge in [0.05, 0.1) is 12.0 Å². The highest BCUT2D eigenvalue weighted by Gasteiger charge is 2.17. The van der Waals surface area contributed by atoms with Crippen LogP contribution in [0.2, 0.25) is 0 Å². The Bertz CT molecular complexity index is 610. The van der Waals surface area contributed by atoms with Crippen LogP contribution in [0.1, 0.15) is 16.6 Å². The Balaban J connectivity index is 2.57. The predicted octanol–water partition coefficient (Wildman–Crippen LogP) is 2.66. The number of rotatable bonds is 4. The summed E-state index contributed by atoms with van der Waals surface area (Å²) in [6, 6.07) is 1.80. The van der Waals surface area contributed by atoms with Crippen LogP contribution in [-0.4, -0.2) is 42.9 Å². The molecule has 2 aromatic heterocycles. The third-order valence-electron chi connectivity index (χ3n) is 2.43.